The molecule has 0 aromatic carbocycles. The number of carbonyl (C=O) groups is 1. The minimum atomic E-state index is -4.39. The number of rotatable bonds is 4. The third kappa shape index (κ3) is 4.21. The van der Waals surface area contributed by atoms with Crippen LogP contribution in [0.3, 0.4) is 0 Å². The number of alkyl halides is 3. The molecule has 0 fully saturated rings. The van der Waals surface area contributed by atoms with Gasteiger partial charge in [0.05, 0.1) is 23.6 Å². The van der Waals surface area contributed by atoms with Gasteiger partial charge >= 0.3 is 6.18 Å². The van der Waals surface area contributed by atoms with Crippen molar-refractivity contribution in [1.82, 2.24) is 14.8 Å². The number of carbonyl (C=O) groups excluding carboxylic acids is 1. The van der Waals surface area contributed by atoms with Crippen molar-refractivity contribution >= 4 is 17.4 Å². The van der Waals surface area contributed by atoms with E-state index in [0.29, 0.717) is 10.5 Å². The summed E-state index contributed by atoms with van der Waals surface area (Å²) in [6, 6.07) is 3.36. The molecule has 0 unspecified atom stereocenters. The zero-order valence-electron chi connectivity index (χ0n) is 11.9. The average molecular weight is 313 g/mol. The maximum atomic E-state index is 12.2. The molecule has 0 spiro atoms. The van der Waals surface area contributed by atoms with E-state index in [4.69, 9.17) is 0 Å². The lowest BCUT2D eigenvalue weighted by Crippen LogP contribution is -2.18. The molecule has 2 aromatic heterocycles. The van der Waals surface area contributed by atoms with Crippen molar-refractivity contribution in [3.63, 3.8) is 0 Å². The van der Waals surface area contributed by atoms with Crippen LogP contribution in [0.25, 0.3) is 0 Å². The lowest BCUT2D eigenvalue weighted by atomic mass is 10.3. The Morgan fingerprint density at radius 1 is 1.32 bits per heavy atom. The summed E-state index contributed by atoms with van der Waals surface area (Å²) < 4.78 is 37.3. The number of hydrogen-bond acceptors (Lipinski definition) is 4. The Morgan fingerprint density at radius 3 is 2.59 bits per heavy atom. The predicted molar refractivity (Wildman–Crippen MR) is 74.8 cm³/mol. The summed E-state index contributed by atoms with van der Waals surface area (Å²) in [5.41, 5.74) is 0.888. The molecule has 1 amide bonds. The molecule has 2 heterocycles. The average Bonchev–Trinajstić information content (AvgIpc) is 2.85. The normalized spacial score (nSPS) is 11.3. The fourth-order valence-corrected chi connectivity index (χ4v) is 1.66. The highest BCUT2D eigenvalue weighted by molar-refractivity contribution is 6.03. The van der Waals surface area contributed by atoms with Gasteiger partial charge in [0, 0.05) is 20.3 Å². The largest absolute Gasteiger partial charge is 0.408 e. The second-order valence-electron chi connectivity index (χ2n) is 4.79. The van der Waals surface area contributed by atoms with Gasteiger partial charge in [-0.25, -0.2) is 4.98 Å². The second-order valence-corrected chi connectivity index (χ2v) is 4.79. The van der Waals surface area contributed by atoms with Crippen LogP contribution >= 0.6 is 0 Å². The molecule has 2 rings (SSSR count). The molecule has 0 bridgehead atoms. The van der Waals surface area contributed by atoms with Gasteiger partial charge in [-0.1, -0.05) is 0 Å². The van der Waals surface area contributed by atoms with Crippen LogP contribution in [0.2, 0.25) is 0 Å². The Bertz CT molecular complexity index is 648. The van der Waals surface area contributed by atoms with Crippen LogP contribution in [0.1, 0.15) is 10.4 Å². The van der Waals surface area contributed by atoms with Gasteiger partial charge in [-0.2, -0.15) is 18.3 Å². The van der Waals surface area contributed by atoms with Gasteiger partial charge in [-0.05, 0) is 12.1 Å². The fraction of sp³-hybridized carbons (Fsp3) is 0.308. The lowest BCUT2D eigenvalue weighted by molar-refractivity contribution is -0.142. The zero-order chi connectivity index (χ0) is 16.3. The van der Waals surface area contributed by atoms with E-state index >= 15 is 0 Å². The van der Waals surface area contributed by atoms with Crippen LogP contribution in [-0.4, -0.2) is 40.9 Å². The maximum absolute atomic E-state index is 12.2. The van der Waals surface area contributed by atoms with Crippen molar-refractivity contribution in [2.75, 3.05) is 24.3 Å². The number of pyridine rings is 1. The fourth-order valence-electron chi connectivity index (χ4n) is 1.66. The Morgan fingerprint density at radius 2 is 2.05 bits per heavy atom. The van der Waals surface area contributed by atoms with Crippen LogP contribution in [0.15, 0.2) is 30.7 Å². The molecule has 9 heteroatoms. The molecule has 0 aliphatic carbocycles. The highest BCUT2D eigenvalue weighted by Crippen LogP contribution is 2.17. The van der Waals surface area contributed by atoms with E-state index in [0.717, 1.165) is 18.1 Å². The molecule has 0 saturated heterocycles. The first-order chi connectivity index (χ1) is 10.2. The number of nitrogens with zero attached hydrogens (tertiary/aromatic N) is 4. The molecule has 0 atom stereocenters. The number of aromatic nitrogens is 3. The van der Waals surface area contributed by atoms with Gasteiger partial charge in [0.1, 0.15) is 12.4 Å². The van der Waals surface area contributed by atoms with Crippen molar-refractivity contribution in [2.24, 2.45) is 0 Å². The van der Waals surface area contributed by atoms with E-state index in [1.807, 2.05) is 19.0 Å². The Labute approximate surface area is 124 Å². The molecule has 22 heavy (non-hydrogen) atoms. The predicted octanol–water partition coefficient (Wildman–Crippen LogP) is 2.16. The highest BCUT2D eigenvalue weighted by Gasteiger charge is 2.28. The van der Waals surface area contributed by atoms with Crippen molar-refractivity contribution in [2.45, 2.75) is 12.7 Å². The summed E-state index contributed by atoms with van der Waals surface area (Å²) >= 11 is 0. The van der Waals surface area contributed by atoms with Gasteiger partial charge < -0.3 is 10.2 Å². The van der Waals surface area contributed by atoms with Gasteiger partial charge in [-0.3, -0.25) is 9.48 Å². The quantitative estimate of drug-likeness (QED) is 0.939. The van der Waals surface area contributed by atoms with E-state index in [1.54, 1.807) is 18.3 Å². The molecule has 118 valence electrons. The summed E-state index contributed by atoms with van der Waals surface area (Å²) in [6.07, 6.45) is -0.696. The summed E-state index contributed by atoms with van der Waals surface area (Å²) in [5.74, 6) is -0.266. The van der Waals surface area contributed by atoms with Crippen LogP contribution in [0, 0.1) is 0 Å². The molecule has 0 radical (unpaired) electrons. The van der Waals surface area contributed by atoms with Crippen molar-refractivity contribution < 1.29 is 18.0 Å². The van der Waals surface area contributed by atoms with Crippen LogP contribution in [-0.2, 0) is 6.54 Å². The summed E-state index contributed by atoms with van der Waals surface area (Å²) in [5, 5.41) is 6.01. The molecule has 2 aromatic rings. The highest BCUT2D eigenvalue weighted by atomic mass is 19.4. The Balaban J connectivity index is 2.03. The monoisotopic (exact) mass is 313 g/mol. The lowest BCUT2D eigenvalue weighted by Gasteiger charge is -2.12. The van der Waals surface area contributed by atoms with E-state index in [2.05, 4.69) is 15.4 Å². The van der Waals surface area contributed by atoms with E-state index in [1.165, 1.54) is 0 Å². The third-order valence-corrected chi connectivity index (χ3v) is 2.74. The molecule has 0 aliphatic rings. The van der Waals surface area contributed by atoms with E-state index in [9.17, 15) is 18.0 Å². The molecule has 0 saturated carbocycles. The first kappa shape index (κ1) is 15.8. The summed E-state index contributed by atoms with van der Waals surface area (Å²) in [7, 11) is 3.70. The SMILES string of the molecule is CN(C)c1ccc(NC(=O)c2cnn(CC(F)(F)F)c2)nc1. The second kappa shape index (κ2) is 6.04. The number of nitrogens with one attached hydrogen (secondary N) is 1. The van der Waals surface area contributed by atoms with Gasteiger partial charge in [0.2, 0.25) is 0 Å². The maximum Gasteiger partial charge on any atom is 0.408 e. The number of halogens is 3. The van der Waals surface area contributed by atoms with Crippen LogP contribution < -0.4 is 10.2 Å². The van der Waals surface area contributed by atoms with Gasteiger partial charge in [0.15, 0.2) is 0 Å². The number of amides is 1. The standard InChI is InChI=1S/C13H14F3N5O/c1-20(2)10-3-4-11(17-6-10)19-12(22)9-5-18-21(7-9)8-13(14,15)16/h3-7H,8H2,1-2H3,(H,17,19,22). The third-order valence-electron chi connectivity index (χ3n) is 2.74. The van der Waals surface area contributed by atoms with Crippen molar-refractivity contribution in [3.8, 4) is 0 Å². The van der Waals surface area contributed by atoms with Gasteiger partial charge in [-0.15, -0.1) is 0 Å². The molecule has 1 N–H and O–H groups in total. The first-order valence-electron chi connectivity index (χ1n) is 6.28. The van der Waals surface area contributed by atoms with Gasteiger partial charge in [0.25, 0.3) is 5.91 Å². The molecular formula is C13H14F3N5O. The van der Waals surface area contributed by atoms with Crippen molar-refractivity contribution in [1.29, 1.82) is 0 Å². The van der Waals surface area contributed by atoms with E-state index < -0.39 is 18.6 Å². The number of hydrogen-bond donors (Lipinski definition) is 1. The van der Waals surface area contributed by atoms with E-state index in [-0.39, 0.29) is 5.56 Å². The molecule has 0 aliphatic heterocycles. The Hall–Kier alpha value is -2.58. The topological polar surface area (TPSA) is 63.1 Å². The zero-order valence-corrected chi connectivity index (χ0v) is 11.9. The first-order valence-corrected chi connectivity index (χ1v) is 6.28. The minimum Gasteiger partial charge on any atom is -0.376 e. The minimum absolute atomic E-state index is 0.0303. The van der Waals surface area contributed by atoms with Crippen molar-refractivity contribution in [3.05, 3.63) is 36.3 Å². The summed E-state index contributed by atoms with van der Waals surface area (Å²) in [6.45, 7) is -1.24. The number of anilines is 2. The van der Waals surface area contributed by atoms with Crippen LogP contribution in [0.4, 0.5) is 24.7 Å². The molecular weight excluding hydrogens is 299 g/mol. The summed E-state index contributed by atoms with van der Waals surface area (Å²) in [4.78, 5) is 17.8. The van der Waals surface area contributed by atoms with Crippen LogP contribution in [0.5, 0.6) is 0 Å². The Kier molecular flexibility index (Phi) is 4.34. The molecule has 6 nitrogen and oxygen atoms in total. The smallest absolute Gasteiger partial charge is 0.376 e.